The topological polar surface area (TPSA) is 115 Å². The van der Waals surface area contributed by atoms with Crippen molar-refractivity contribution in [1.82, 2.24) is 4.98 Å². The van der Waals surface area contributed by atoms with Gasteiger partial charge in [-0.05, 0) is 68.3 Å². The number of aryl methyl sites for hydroxylation is 1. The predicted molar refractivity (Wildman–Crippen MR) is 112 cm³/mol. The lowest BCUT2D eigenvalue weighted by Gasteiger charge is -2.16. The monoisotopic (exact) mass is 408 g/mol. The summed E-state index contributed by atoms with van der Waals surface area (Å²) >= 11 is 0. The number of nitriles is 1. The second-order valence-electron chi connectivity index (χ2n) is 6.66. The third-order valence-electron chi connectivity index (χ3n) is 4.59. The molecule has 3 rings (SSSR count). The number of nitrogens with one attached hydrogen (secondary N) is 2. The molecule has 8 heteroatoms. The molecule has 3 aromatic rings. The van der Waals surface area contributed by atoms with Gasteiger partial charge in [0.05, 0.1) is 10.5 Å². The first-order valence-corrected chi connectivity index (χ1v) is 10.2. The van der Waals surface area contributed by atoms with Crippen LogP contribution in [0.5, 0.6) is 0 Å². The second kappa shape index (κ2) is 7.91. The molecule has 0 spiro atoms. The molecule has 0 saturated carbocycles. The minimum absolute atomic E-state index is 0.189. The Morgan fingerprint density at radius 3 is 1.90 bits per heavy atom. The molecule has 3 N–H and O–H groups in total. The maximum atomic E-state index is 11.2. The SMILES string of the molecule is Cc1ccc(Nc2nc(Nc3ccc(S(=O)(=O)O)cc3)c(C)c(C)c2C#N)cc1. The molecule has 29 heavy (non-hydrogen) atoms. The standard InChI is InChI=1S/C21H20N4O3S/c1-13-4-6-16(7-5-13)24-21-19(12-22)14(2)15(3)20(25-21)23-17-8-10-18(11-9-17)29(26,27)28/h4-11H,1-3H3,(H2,23,24,25)(H,26,27,28). The molecule has 7 nitrogen and oxygen atoms in total. The first-order chi connectivity index (χ1) is 13.7. The second-order valence-corrected chi connectivity index (χ2v) is 8.08. The molecule has 0 aliphatic carbocycles. The molecule has 2 aromatic carbocycles. The third kappa shape index (κ3) is 4.54. The highest BCUT2D eigenvalue weighted by Crippen LogP contribution is 2.30. The Balaban J connectivity index is 1.97. The average molecular weight is 408 g/mol. The summed E-state index contributed by atoms with van der Waals surface area (Å²) in [5, 5.41) is 15.9. The minimum atomic E-state index is -4.25. The van der Waals surface area contributed by atoms with Gasteiger partial charge in [-0.15, -0.1) is 0 Å². The molecule has 0 radical (unpaired) electrons. The maximum Gasteiger partial charge on any atom is 0.294 e. The van der Waals surface area contributed by atoms with E-state index in [0.29, 0.717) is 22.9 Å². The smallest absolute Gasteiger partial charge is 0.294 e. The normalized spacial score (nSPS) is 11.0. The average Bonchev–Trinajstić information content (AvgIpc) is 2.67. The highest BCUT2D eigenvalue weighted by atomic mass is 32.2. The van der Waals surface area contributed by atoms with E-state index in [4.69, 9.17) is 4.55 Å². The Morgan fingerprint density at radius 2 is 1.38 bits per heavy atom. The van der Waals surface area contributed by atoms with Gasteiger partial charge < -0.3 is 10.6 Å². The number of nitrogens with zero attached hydrogens (tertiary/aromatic N) is 2. The summed E-state index contributed by atoms with van der Waals surface area (Å²) in [5.41, 5.74) is 4.57. The quantitative estimate of drug-likeness (QED) is 0.528. The fourth-order valence-electron chi connectivity index (χ4n) is 2.76. The van der Waals surface area contributed by atoms with Gasteiger partial charge in [0.15, 0.2) is 5.82 Å². The van der Waals surface area contributed by atoms with Crippen molar-refractivity contribution in [3.05, 3.63) is 70.8 Å². The number of benzene rings is 2. The summed E-state index contributed by atoms with van der Waals surface area (Å²) in [6, 6.07) is 15.6. The van der Waals surface area contributed by atoms with E-state index in [1.54, 1.807) is 0 Å². The number of rotatable bonds is 5. The van der Waals surface area contributed by atoms with Gasteiger partial charge in [-0.2, -0.15) is 13.7 Å². The summed E-state index contributed by atoms with van der Waals surface area (Å²) in [6.07, 6.45) is 0. The molecule has 0 aliphatic rings. The van der Waals surface area contributed by atoms with Gasteiger partial charge in [0, 0.05) is 11.4 Å². The third-order valence-corrected chi connectivity index (χ3v) is 5.46. The first kappa shape index (κ1) is 20.3. The molecule has 0 unspecified atom stereocenters. The van der Waals surface area contributed by atoms with Gasteiger partial charge in [-0.25, -0.2) is 4.98 Å². The van der Waals surface area contributed by atoms with E-state index in [1.165, 1.54) is 24.3 Å². The fourth-order valence-corrected chi connectivity index (χ4v) is 3.24. The van der Waals surface area contributed by atoms with Gasteiger partial charge in [-0.3, -0.25) is 4.55 Å². The van der Waals surface area contributed by atoms with Crippen molar-refractivity contribution in [2.24, 2.45) is 0 Å². The van der Waals surface area contributed by atoms with E-state index in [9.17, 15) is 13.7 Å². The molecular formula is C21H20N4O3S. The summed E-state index contributed by atoms with van der Waals surface area (Å²) in [6.45, 7) is 5.70. The van der Waals surface area contributed by atoms with E-state index in [0.717, 1.165) is 22.4 Å². The van der Waals surface area contributed by atoms with Gasteiger partial charge >= 0.3 is 0 Å². The zero-order chi connectivity index (χ0) is 21.2. The molecule has 0 bridgehead atoms. The first-order valence-electron chi connectivity index (χ1n) is 8.78. The van der Waals surface area contributed by atoms with Gasteiger partial charge in [0.1, 0.15) is 11.9 Å². The van der Waals surface area contributed by atoms with E-state index in [1.807, 2.05) is 45.0 Å². The highest BCUT2D eigenvalue weighted by Gasteiger charge is 2.15. The predicted octanol–water partition coefficient (Wildman–Crippen LogP) is 4.61. The van der Waals surface area contributed by atoms with Crippen LogP contribution in [-0.2, 0) is 10.1 Å². The molecule has 0 saturated heterocycles. The van der Waals surface area contributed by atoms with Crippen LogP contribution in [0.25, 0.3) is 0 Å². The van der Waals surface area contributed by atoms with Crippen LogP contribution in [0.3, 0.4) is 0 Å². The van der Waals surface area contributed by atoms with Crippen molar-refractivity contribution in [1.29, 1.82) is 5.26 Å². The van der Waals surface area contributed by atoms with E-state index in [-0.39, 0.29) is 4.90 Å². The lowest BCUT2D eigenvalue weighted by molar-refractivity contribution is 0.483. The van der Waals surface area contributed by atoms with Crippen molar-refractivity contribution in [3.63, 3.8) is 0 Å². The van der Waals surface area contributed by atoms with Gasteiger partial charge in [0.25, 0.3) is 10.1 Å². The van der Waals surface area contributed by atoms with E-state index < -0.39 is 10.1 Å². The minimum Gasteiger partial charge on any atom is -0.340 e. The summed E-state index contributed by atoms with van der Waals surface area (Å²) in [5.74, 6) is 0.965. The van der Waals surface area contributed by atoms with Crippen molar-refractivity contribution in [3.8, 4) is 6.07 Å². The van der Waals surface area contributed by atoms with Crippen molar-refractivity contribution >= 4 is 33.1 Å². The van der Waals surface area contributed by atoms with Crippen LogP contribution in [0.1, 0.15) is 22.3 Å². The largest absolute Gasteiger partial charge is 0.340 e. The Labute approximate surface area is 169 Å². The van der Waals surface area contributed by atoms with Gasteiger partial charge in [-0.1, -0.05) is 17.7 Å². The van der Waals surface area contributed by atoms with Crippen LogP contribution < -0.4 is 10.6 Å². The lowest BCUT2D eigenvalue weighted by atomic mass is 10.1. The Bertz CT molecular complexity index is 1200. The fraction of sp³-hybridized carbons (Fsp3) is 0.143. The lowest BCUT2D eigenvalue weighted by Crippen LogP contribution is -2.06. The molecular weight excluding hydrogens is 388 g/mol. The molecule has 0 amide bonds. The van der Waals surface area contributed by atoms with Crippen LogP contribution >= 0.6 is 0 Å². The van der Waals surface area contributed by atoms with E-state index in [2.05, 4.69) is 21.7 Å². The number of anilines is 4. The summed E-state index contributed by atoms with van der Waals surface area (Å²) < 4.78 is 31.5. The van der Waals surface area contributed by atoms with Crippen LogP contribution in [0, 0.1) is 32.1 Å². The van der Waals surface area contributed by atoms with Crippen LogP contribution in [0.15, 0.2) is 53.4 Å². The van der Waals surface area contributed by atoms with Gasteiger partial charge in [0.2, 0.25) is 0 Å². The van der Waals surface area contributed by atoms with Crippen LogP contribution in [0.4, 0.5) is 23.0 Å². The molecule has 1 aromatic heterocycles. The molecule has 148 valence electrons. The molecule has 0 aliphatic heterocycles. The molecule has 0 fully saturated rings. The van der Waals surface area contributed by atoms with E-state index >= 15 is 0 Å². The van der Waals surface area contributed by atoms with Crippen LogP contribution in [0.2, 0.25) is 0 Å². The molecule has 1 heterocycles. The molecule has 0 atom stereocenters. The number of hydrogen-bond donors (Lipinski definition) is 3. The summed E-state index contributed by atoms with van der Waals surface area (Å²) in [4.78, 5) is 4.39. The Kier molecular flexibility index (Phi) is 5.55. The van der Waals surface area contributed by atoms with Crippen molar-refractivity contribution in [2.45, 2.75) is 25.7 Å². The zero-order valence-electron chi connectivity index (χ0n) is 16.2. The number of aromatic nitrogens is 1. The van der Waals surface area contributed by atoms with Crippen molar-refractivity contribution in [2.75, 3.05) is 10.6 Å². The number of hydrogen-bond acceptors (Lipinski definition) is 6. The Morgan fingerprint density at radius 1 is 0.862 bits per heavy atom. The van der Waals surface area contributed by atoms with Crippen LogP contribution in [-0.4, -0.2) is 18.0 Å². The zero-order valence-corrected chi connectivity index (χ0v) is 17.0. The highest BCUT2D eigenvalue weighted by molar-refractivity contribution is 7.85. The maximum absolute atomic E-state index is 11.2. The Hall–Kier alpha value is -3.41. The van der Waals surface area contributed by atoms with Crippen molar-refractivity contribution < 1.29 is 13.0 Å². The summed E-state index contributed by atoms with van der Waals surface area (Å²) in [7, 11) is -4.25. The number of pyridine rings is 1.